The van der Waals surface area contributed by atoms with Crippen LogP contribution in [0.5, 0.6) is 0 Å². The van der Waals surface area contributed by atoms with Crippen molar-refractivity contribution >= 4 is 21.9 Å². The molecule has 2 rings (SSSR count). The van der Waals surface area contributed by atoms with E-state index in [0.717, 1.165) is 46.8 Å². The second kappa shape index (κ2) is 8.72. The lowest BCUT2D eigenvalue weighted by Crippen LogP contribution is -2.36. The second-order valence-corrected chi connectivity index (χ2v) is 6.06. The van der Waals surface area contributed by atoms with Gasteiger partial charge in [-0.3, -0.25) is 4.99 Å². The summed E-state index contributed by atoms with van der Waals surface area (Å²) in [5.74, 6) is 1.70. The lowest BCUT2D eigenvalue weighted by atomic mass is 10.1. The summed E-state index contributed by atoms with van der Waals surface area (Å²) in [6, 6.07) is 8.22. The minimum absolute atomic E-state index is 0.663. The molecule has 0 aliphatic carbocycles. The Kier molecular flexibility index (Phi) is 6.65. The van der Waals surface area contributed by atoms with Crippen LogP contribution in [-0.2, 0) is 25.9 Å². The molecule has 6 heteroatoms. The highest BCUT2D eigenvalue weighted by atomic mass is 79.9. The van der Waals surface area contributed by atoms with Crippen molar-refractivity contribution in [2.75, 3.05) is 7.05 Å². The first kappa shape index (κ1) is 17.5. The van der Waals surface area contributed by atoms with Gasteiger partial charge in [-0.1, -0.05) is 47.1 Å². The molecule has 2 aromatic rings. The molecule has 23 heavy (non-hydrogen) atoms. The first-order valence-electron chi connectivity index (χ1n) is 7.83. The van der Waals surface area contributed by atoms with Gasteiger partial charge >= 0.3 is 0 Å². The maximum absolute atomic E-state index is 5.39. The number of halogens is 1. The van der Waals surface area contributed by atoms with Crippen LogP contribution in [0.15, 0.2) is 38.3 Å². The highest BCUT2D eigenvalue weighted by Gasteiger charge is 2.13. The number of nitrogens with one attached hydrogen (secondary N) is 2. The highest BCUT2D eigenvalue weighted by Crippen LogP contribution is 2.15. The van der Waals surface area contributed by atoms with Crippen molar-refractivity contribution in [2.24, 2.45) is 4.99 Å². The first-order valence-corrected chi connectivity index (χ1v) is 8.62. The fraction of sp³-hybridized carbons (Fsp3) is 0.412. The van der Waals surface area contributed by atoms with Crippen molar-refractivity contribution < 1.29 is 4.52 Å². The molecule has 0 amide bonds. The Morgan fingerprint density at radius 2 is 1.83 bits per heavy atom. The van der Waals surface area contributed by atoms with E-state index in [1.165, 1.54) is 5.56 Å². The van der Waals surface area contributed by atoms with Gasteiger partial charge in [-0.15, -0.1) is 0 Å². The number of benzene rings is 1. The zero-order valence-electron chi connectivity index (χ0n) is 13.8. The summed E-state index contributed by atoms with van der Waals surface area (Å²) >= 11 is 3.44. The van der Waals surface area contributed by atoms with Crippen molar-refractivity contribution in [3.05, 3.63) is 51.3 Å². The summed E-state index contributed by atoms with van der Waals surface area (Å²) in [5.41, 5.74) is 3.35. The Morgan fingerprint density at radius 3 is 2.43 bits per heavy atom. The Balaban J connectivity index is 1.93. The average molecular weight is 379 g/mol. The summed E-state index contributed by atoms with van der Waals surface area (Å²) in [6.45, 7) is 5.54. The van der Waals surface area contributed by atoms with Crippen LogP contribution in [0.1, 0.15) is 36.4 Å². The maximum atomic E-state index is 5.39. The number of aliphatic imine (C=N–C) groups is 1. The van der Waals surface area contributed by atoms with Crippen molar-refractivity contribution in [3.8, 4) is 0 Å². The molecule has 0 saturated carbocycles. The molecule has 0 spiro atoms. The van der Waals surface area contributed by atoms with E-state index in [1.807, 2.05) is 12.1 Å². The maximum Gasteiger partial charge on any atom is 0.191 e. The molecule has 0 saturated heterocycles. The minimum atomic E-state index is 0.663. The van der Waals surface area contributed by atoms with Crippen LogP contribution >= 0.6 is 15.9 Å². The number of aryl methyl sites for hydroxylation is 2. The predicted molar refractivity (Wildman–Crippen MR) is 96.4 cm³/mol. The second-order valence-electron chi connectivity index (χ2n) is 5.14. The molecule has 1 aromatic heterocycles. The van der Waals surface area contributed by atoms with E-state index in [1.54, 1.807) is 7.05 Å². The number of hydrogen-bond acceptors (Lipinski definition) is 3. The van der Waals surface area contributed by atoms with Gasteiger partial charge in [-0.05, 0) is 24.1 Å². The number of hydrogen-bond donors (Lipinski definition) is 2. The quantitative estimate of drug-likeness (QED) is 0.596. The monoisotopic (exact) mass is 378 g/mol. The molecule has 0 fully saturated rings. The summed E-state index contributed by atoms with van der Waals surface area (Å²) in [6.07, 6.45) is 1.71. The van der Waals surface area contributed by atoms with Gasteiger partial charge in [0.15, 0.2) is 5.96 Å². The predicted octanol–water partition coefficient (Wildman–Crippen LogP) is 3.43. The summed E-state index contributed by atoms with van der Waals surface area (Å²) in [7, 11) is 1.77. The summed E-state index contributed by atoms with van der Waals surface area (Å²) in [4.78, 5) is 4.27. The van der Waals surface area contributed by atoms with E-state index in [4.69, 9.17) is 4.52 Å². The molecule has 0 bridgehead atoms. The lowest BCUT2D eigenvalue weighted by molar-refractivity contribution is 0.380. The zero-order chi connectivity index (χ0) is 16.7. The van der Waals surface area contributed by atoms with Crippen molar-refractivity contribution in [2.45, 2.75) is 39.8 Å². The van der Waals surface area contributed by atoms with E-state index >= 15 is 0 Å². The van der Waals surface area contributed by atoms with Gasteiger partial charge in [0.2, 0.25) is 0 Å². The fourth-order valence-electron chi connectivity index (χ4n) is 2.32. The Hall–Kier alpha value is -1.82. The lowest BCUT2D eigenvalue weighted by Gasteiger charge is -2.12. The highest BCUT2D eigenvalue weighted by molar-refractivity contribution is 9.10. The topological polar surface area (TPSA) is 62.5 Å². The van der Waals surface area contributed by atoms with E-state index in [0.29, 0.717) is 6.54 Å². The van der Waals surface area contributed by atoms with Gasteiger partial charge in [-0.2, -0.15) is 0 Å². The van der Waals surface area contributed by atoms with Crippen LogP contribution in [0, 0.1) is 0 Å². The van der Waals surface area contributed by atoms with Gasteiger partial charge in [-0.25, -0.2) is 0 Å². The van der Waals surface area contributed by atoms with Crippen LogP contribution in [0.2, 0.25) is 0 Å². The fourth-order valence-corrected chi connectivity index (χ4v) is 2.58. The van der Waals surface area contributed by atoms with Crippen molar-refractivity contribution in [3.63, 3.8) is 0 Å². The number of guanidine groups is 1. The van der Waals surface area contributed by atoms with E-state index < -0.39 is 0 Å². The average Bonchev–Trinajstić information content (AvgIpc) is 2.98. The third-order valence-electron chi connectivity index (χ3n) is 3.64. The van der Waals surface area contributed by atoms with Gasteiger partial charge in [0.05, 0.1) is 5.69 Å². The third-order valence-corrected chi connectivity index (χ3v) is 4.17. The Bertz CT molecular complexity index is 628. The van der Waals surface area contributed by atoms with E-state index in [2.05, 4.69) is 62.7 Å². The molecule has 1 aromatic carbocycles. The number of rotatable bonds is 6. The normalized spacial score (nSPS) is 11.6. The smallest absolute Gasteiger partial charge is 0.191 e. The van der Waals surface area contributed by atoms with Gasteiger partial charge < -0.3 is 15.2 Å². The van der Waals surface area contributed by atoms with E-state index in [9.17, 15) is 0 Å². The van der Waals surface area contributed by atoms with Crippen molar-refractivity contribution in [1.82, 2.24) is 15.8 Å². The Labute approximate surface area is 145 Å². The molecular weight excluding hydrogens is 356 g/mol. The minimum Gasteiger partial charge on any atom is -0.361 e. The molecule has 0 aliphatic heterocycles. The summed E-state index contributed by atoms with van der Waals surface area (Å²) < 4.78 is 6.47. The SMILES string of the molecule is CCc1noc(CC)c1CNC(=NC)NCc1ccc(Br)cc1. The molecule has 0 atom stereocenters. The summed E-state index contributed by atoms with van der Waals surface area (Å²) in [5, 5.41) is 10.8. The zero-order valence-corrected chi connectivity index (χ0v) is 15.4. The van der Waals surface area contributed by atoms with E-state index in [-0.39, 0.29) is 0 Å². The van der Waals surface area contributed by atoms with Crippen LogP contribution in [-0.4, -0.2) is 18.2 Å². The largest absolute Gasteiger partial charge is 0.361 e. The van der Waals surface area contributed by atoms with Crippen molar-refractivity contribution in [1.29, 1.82) is 0 Å². The molecule has 124 valence electrons. The van der Waals surface area contributed by atoms with Crippen LogP contribution in [0.25, 0.3) is 0 Å². The number of nitrogens with zero attached hydrogens (tertiary/aromatic N) is 2. The molecular formula is C17H23BrN4O. The standard InChI is InChI=1S/C17H23BrN4O/c1-4-15-14(16(5-2)23-22-15)11-21-17(19-3)20-10-12-6-8-13(18)9-7-12/h6-9H,4-5,10-11H2,1-3H3,(H2,19,20,21). The van der Waals surface area contributed by atoms with Gasteiger partial charge in [0.1, 0.15) is 5.76 Å². The molecule has 0 aliphatic rings. The number of aromatic nitrogens is 1. The van der Waals surface area contributed by atoms with Crippen LogP contribution < -0.4 is 10.6 Å². The molecule has 1 heterocycles. The molecule has 5 nitrogen and oxygen atoms in total. The molecule has 0 radical (unpaired) electrons. The van der Waals surface area contributed by atoms with Crippen LogP contribution in [0.4, 0.5) is 0 Å². The molecule has 0 unspecified atom stereocenters. The molecule has 2 N–H and O–H groups in total. The first-order chi connectivity index (χ1) is 11.2. The van der Waals surface area contributed by atoms with Gasteiger partial charge in [0.25, 0.3) is 0 Å². The van der Waals surface area contributed by atoms with Crippen LogP contribution in [0.3, 0.4) is 0 Å². The Morgan fingerprint density at radius 1 is 1.13 bits per heavy atom. The third kappa shape index (κ3) is 4.82. The van der Waals surface area contributed by atoms with Gasteiger partial charge in [0, 0.05) is 36.6 Å².